The molecule has 4 nitrogen and oxygen atoms in total. The molecule has 1 atom stereocenters. The van der Waals surface area contributed by atoms with Gasteiger partial charge in [0.05, 0.1) is 17.9 Å². The molecule has 1 unspecified atom stereocenters. The Morgan fingerprint density at radius 3 is 2.29 bits per heavy atom. The van der Waals surface area contributed by atoms with Crippen LogP contribution in [0.1, 0.15) is 30.0 Å². The summed E-state index contributed by atoms with van der Waals surface area (Å²) in [5, 5.41) is 9.17. The molecule has 2 N–H and O–H groups in total. The maximum atomic E-state index is 12.3. The lowest BCUT2D eigenvalue weighted by Gasteiger charge is -2.18. The van der Waals surface area contributed by atoms with Crippen molar-refractivity contribution in [2.75, 3.05) is 0 Å². The summed E-state index contributed by atoms with van der Waals surface area (Å²) in [6, 6.07) is 1.59. The number of aliphatic hydroxyl groups is 1. The first-order chi connectivity index (χ1) is 9.46. The van der Waals surface area contributed by atoms with E-state index in [9.17, 15) is 26.7 Å². The minimum absolute atomic E-state index is 0.119. The van der Waals surface area contributed by atoms with Gasteiger partial charge in [0.2, 0.25) is 10.0 Å². The van der Waals surface area contributed by atoms with Gasteiger partial charge in [-0.25, -0.2) is 13.1 Å². The minimum Gasteiger partial charge on any atom is -0.392 e. The maximum Gasteiger partial charge on any atom is 0.390 e. The lowest BCUT2D eigenvalue weighted by Crippen LogP contribution is -2.36. The van der Waals surface area contributed by atoms with Crippen molar-refractivity contribution in [3.05, 3.63) is 28.8 Å². The standard InChI is InChI=1S/C13H18F3NO3S/c1-8-4-9(2)12(5-11(8)7-18)21(19,20)17-10(3)6-13(14,15)16/h4-5,10,17-18H,6-7H2,1-3H3. The Bertz CT molecular complexity index is 612. The Balaban J connectivity index is 3.08. The van der Waals surface area contributed by atoms with Crippen molar-refractivity contribution < 1.29 is 26.7 Å². The van der Waals surface area contributed by atoms with Crippen LogP contribution in [0.2, 0.25) is 0 Å². The number of aryl methyl sites for hydroxylation is 2. The van der Waals surface area contributed by atoms with Crippen LogP contribution < -0.4 is 4.72 Å². The molecule has 0 saturated heterocycles. The van der Waals surface area contributed by atoms with Crippen molar-refractivity contribution in [1.29, 1.82) is 0 Å². The van der Waals surface area contributed by atoms with Crippen LogP contribution in [0.5, 0.6) is 0 Å². The number of benzene rings is 1. The summed E-state index contributed by atoms with van der Waals surface area (Å²) in [6.45, 7) is 4.08. The van der Waals surface area contributed by atoms with Crippen molar-refractivity contribution in [1.82, 2.24) is 4.72 Å². The number of hydrogen-bond acceptors (Lipinski definition) is 3. The minimum atomic E-state index is -4.44. The first-order valence-electron chi connectivity index (χ1n) is 6.26. The molecule has 0 aliphatic rings. The normalized spacial score (nSPS) is 14.2. The summed E-state index contributed by atoms with van der Waals surface area (Å²) >= 11 is 0. The molecule has 0 aliphatic heterocycles. The van der Waals surface area contributed by atoms with Gasteiger partial charge in [-0.05, 0) is 43.5 Å². The lowest BCUT2D eigenvalue weighted by molar-refractivity contribution is -0.137. The number of sulfonamides is 1. The quantitative estimate of drug-likeness (QED) is 0.874. The van der Waals surface area contributed by atoms with Gasteiger partial charge < -0.3 is 5.11 Å². The molecule has 0 heterocycles. The zero-order chi connectivity index (χ0) is 16.4. The molecular weight excluding hydrogens is 307 g/mol. The smallest absolute Gasteiger partial charge is 0.390 e. The zero-order valence-corrected chi connectivity index (χ0v) is 12.8. The number of aliphatic hydroxyl groups excluding tert-OH is 1. The van der Waals surface area contributed by atoms with Gasteiger partial charge in [-0.2, -0.15) is 13.2 Å². The van der Waals surface area contributed by atoms with Crippen LogP contribution in [-0.4, -0.2) is 25.7 Å². The lowest BCUT2D eigenvalue weighted by atomic mass is 10.1. The molecule has 1 aromatic rings. The highest BCUT2D eigenvalue weighted by Gasteiger charge is 2.32. The number of hydrogen-bond donors (Lipinski definition) is 2. The Morgan fingerprint density at radius 2 is 1.81 bits per heavy atom. The van der Waals surface area contributed by atoms with Gasteiger partial charge >= 0.3 is 6.18 Å². The Morgan fingerprint density at radius 1 is 1.24 bits per heavy atom. The summed E-state index contributed by atoms with van der Waals surface area (Å²) in [4.78, 5) is -0.119. The third-order valence-corrected chi connectivity index (χ3v) is 4.72. The maximum absolute atomic E-state index is 12.3. The van der Waals surface area contributed by atoms with E-state index in [1.807, 2.05) is 4.72 Å². The molecule has 0 radical (unpaired) electrons. The molecule has 0 fully saturated rings. The molecule has 1 rings (SSSR count). The van der Waals surface area contributed by atoms with E-state index in [1.165, 1.54) is 6.07 Å². The van der Waals surface area contributed by atoms with E-state index in [0.29, 0.717) is 11.1 Å². The van der Waals surface area contributed by atoms with Gasteiger partial charge in [-0.15, -0.1) is 0 Å². The van der Waals surface area contributed by atoms with Gasteiger partial charge in [0.1, 0.15) is 0 Å². The van der Waals surface area contributed by atoms with Gasteiger partial charge in [0, 0.05) is 6.04 Å². The fourth-order valence-corrected chi connectivity index (χ4v) is 3.57. The van der Waals surface area contributed by atoms with E-state index in [1.54, 1.807) is 19.9 Å². The second-order valence-corrected chi connectivity index (χ2v) is 6.73. The van der Waals surface area contributed by atoms with E-state index in [-0.39, 0.29) is 11.5 Å². The van der Waals surface area contributed by atoms with Gasteiger partial charge in [-0.1, -0.05) is 6.07 Å². The predicted octanol–water partition coefficient (Wildman–Crippen LogP) is 2.41. The van der Waals surface area contributed by atoms with Crippen molar-refractivity contribution in [2.24, 2.45) is 0 Å². The molecule has 8 heteroatoms. The molecule has 0 bridgehead atoms. The molecule has 0 spiro atoms. The van der Waals surface area contributed by atoms with Crippen LogP contribution in [0.4, 0.5) is 13.2 Å². The number of rotatable bonds is 5. The second kappa shape index (κ2) is 6.33. The Hall–Kier alpha value is -1.12. The van der Waals surface area contributed by atoms with E-state index in [0.717, 1.165) is 12.5 Å². The molecule has 0 saturated carbocycles. The molecule has 1 aromatic carbocycles. The van der Waals surface area contributed by atoms with E-state index in [4.69, 9.17) is 0 Å². The Labute approximate surface area is 122 Å². The summed E-state index contributed by atoms with van der Waals surface area (Å²) < 4.78 is 63.1. The molecule has 0 aliphatic carbocycles. The Kier molecular flexibility index (Phi) is 5.40. The summed E-state index contributed by atoms with van der Waals surface area (Å²) in [5.74, 6) is 0. The van der Waals surface area contributed by atoms with Crippen LogP contribution in [-0.2, 0) is 16.6 Å². The molecule has 0 amide bonds. The fourth-order valence-electron chi connectivity index (χ4n) is 2.05. The topological polar surface area (TPSA) is 66.4 Å². The highest BCUT2D eigenvalue weighted by molar-refractivity contribution is 7.89. The molecule has 0 aromatic heterocycles. The molecule has 120 valence electrons. The van der Waals surface area contributed by atoms with Crippen LogP contribution in [0.15, 0.2) is 17.0 Å². The summed E-state index contributed by atoms with van der Waals surface area (Å²) in [5.41, 5.74) is 1.55. The van der Waals surface area contributed by atoms with Gasteiger partial charge in [0.15, 0.2) is 0 Å². The van der Waals surface area contributed by atoms with E-state index in [2.05, 4.69) is 0 Å². The third kappa shape index (κ3) is 4.98. The highest BCUT2D eigenvalue weighted by Crippen LogP contribution is 2.24. The summed E-state index contributed by atoms with van der Waals surface area (Å²) in [7, 11) is -4.07. The van der Waals surface area contributed by atoms with Gasteiger partial charge in [-0.3, -0.25) is 0 Å². The van der Waals surface area contributed by atoms with Crippen molar-refractivity contribution in [2.45, 2.75) is 50.9 Å². The largest absolute Gasteiger partial charge is 0.392 e. The SMILES string of the molecule is Cc1cc(C)c(S(=O)(=O)NC(C)CC(F)(F)F)cc1CO. The van der Waals surface area contributed by atoms with Crippen molar-refractivity contribution in [3.8, 4) is 0 Å². The number of halogens is 3. The average molecular weight is 325 g/mol. The predicted molar refractivity (Wildman–Crippen MR) is 72.3 cm³/mol. The summed E-state index contributed by atoms with van der Waals surface area (Å²) in [6.07, 6.45) is -5.69. The monoisotopic (exact) mass is 325 g/mol. The zero-order valence-electron chi connectivity index (χ0n) is 12.0. The first-order valence-corrected chi connectivity index (χ1v) is 7.74. The molecule has 21 heavy (non-hydrogen) atoms. The number of alkyl halides is 3. The van der Waals surface area contributed by atoms with Crippen LogP contribution >= 0.6 is 0 Å². The van der Waals surface area contributed by atoms with Crippen LogP contribution in [0.3, 0.4) is 0 Å². The average Bonchev–Trinajstić information content (AvgIpc) is 2.24. The second-order valence-electron chi connectivity index (χ2n) is 5.04. The first kappa shape index (κ1) is 17.9. The van der Waals surface area contributed by atoms with Crippen LogP contribution in [0.25, 0.3) is 0 Å². The van der Waals surface area contributed by atoms with Crippen molar-refractivity contribution in [3.63, 3.8) is 0 Å². The van der Waals surface area contributed by atoms with E-state index < -0.39 is 28.7 Å². The third-order valence-electron chi connectivity index (χ3n) is 2.99. The van der Waals surface area contributed by atoms with E-state index >= 15 is 0 Å². The van der Waals surface area contributed by atoms with Gasteiger partial charge in [0.25, 0.3) is 0 Å². The van der Waals surface area contributed by atoms with Crippen molar-refractivity contribution >= 4 is 10.0 Å². The number of nitrogens with one attached hydrogen (secondary N) is 1. The molecular formula is C13H18F3NO3S. The fraction of sp³-hybridized carbons (Fsp3) is 0.538. The highest BCUT2D eigenvalue weighted by atomic mass is 32.2. The van der Waals surface area contributed by atoms with Crippen LogP contribution in [0, 0.1) is 13.8 Å².